The maximum absolute atomic E-state index is 12.9. The Balaban J connectivity index is 1.27. The fourth-order valence-electron chi connectivity index (χ4n) is 3.79. The van der Waals surface area contributed by atoms with Gasteiger partial charge in [0, 0.05) is 54.2 Å². The van der Waals surface area contributed by atoms with E-state index in [1.54, 1.807) is 18.6 Å². The van der Waals surface area contributed by atoms with Crippen molar-refractivity contribution >= 4 is 23.2 Å². The highest BCUT2D eigenvalue weighted by molar-refractivity contribution is 6.04. The van der Waals surface area contributed by atoms with Crippen LogP contribution < -0.4 is 16.0 Å². The fourth-order valence-corrected chi connectivity index (χ4v) is 3.79. The van der Waals surface area contributed by atoms with Crippen molar-refractivity contribution in [1.29, 1.82) is 0 Å². The summed E-state index contributed by atoms with van der Waals surface area (Å²) in [5.41, 5.74) is 5.75. The van der Waals surface area contributed by atoms with E-state index in [1.165, 1.54) is 0 Å². The number of ether oxygens (including phenoxy) is 2. The topological polar surface area (TPSA) is 131 Å². The molecule has 2 aromatic carbocycles. The first-order valence-electron chi connectivity index (χ1n) is 13.1. The molecule has 0 saturated heterocycles. The minimum Gasteiger partial charge on any atom is -0.394 e. The monoisotopic (exact) mass is 542 g/mol. The van der Waals surface area contributed by atoms with E-state index in [0.29, 0.717) is 56.7 Å². The van der Waals surface area contributed by atoms with E-state index in [9.17, 15) is 4.79 Å². The number of hydrogen-bond donors (Lipinski definition) is 4. The Morgan fingerprint density at radius 3 is 2.55 bits per heavy atom. The summed E-state index contributed by atoms with van der Waals surface area (Å²) in [7, 11) is 0. The van der Waals surface area contributed by atoms with Gasteiger partial charge in [-0.3, -0.25) is 9.78 Å². The molecule has 0 aliphatic heterocycles. The lowest BCUT2D eigenvalue weighted by Gasteiger charge is -2.12. The molecule has 4 aromatic rings. The highest BCUT2D eigenvalue weighted by atomic mass is 16.5. The summed E-state index contributed by atoms with van der Waals surface area (Å²) in [4.78, 5) is 26.0. The average Bonchev–Trinajstić information content (AvgIpc) is 2.99. The van der Waals surface area contributed by atoms with Crippen molar-refractivity contribution in [3.8, 4) is 11.3 Å². The van der Waals surface area contributed by atoms with Crippen LogP contribution in [0.1, 0.15) is 21.5 Å². The number of rotatable bonds is 15. The lowest BCUT2D eigenvalue weighted by molar-refractivity contribution is 0.0340. The number of benzene rings is 2. The number of carbonyl (C=O) groups is 1. The van der Waals surface area contributed by atoms with Crippen molar-refractivity contribution < 1.29 is 19.4 Å². The van der Waals surface area contributed by atoms with E-state index in [1.807, 2.05) is 67.6 Å². The molecule has 2 heterocycles. The first-order chi connectivity index (χ1) is 19.6. The van der Waals surface area contributed by atoms with Gasteiger partial charge in [0.2, 0.25) is 5.95 Å². The number of nitrogens with zero attached hydrogens (tertiary/aromatic N) is 3. The molecule has 10 nitrogen and oxygen atoms in total. The van der Waals surface area contributed by atoms with Crippen LogP contribution >= 0.6 is 0 Å². The largest absolute Gasteiger partial charge is 0.394 e. The molecule has 0 bridgehead atoms. The number of nitrogens with one attached hydrogen (secondary N) is 3. The van der Waals surface area contributed by atoms with Crippen molar-refractivity contribution in [2.24, 2.45) is 0 Å². The maximum atomic E-state index is 12.9. The Kier molecular flexibility index (Phi) is 11.1. The number of aliphatic hydroxyl groups excluding tert-OH is 1. The van der Waals surface area contributed by atoms with Crippen LogP contribution in [0.4, 0.5) is 17.3 Å². The van der Waals surface area contributed by atoms with E-state index in [4.69, 9.17) is 14.6 Å². The van der Waals surface area contributed by atoms with E-state index < -0.39 is 0 Å². The Hall–Kier alpha value is -4.22. The van der Waals surface area contributed by atoms with Gasteiger partial charge in [-0.1, -0.05) is 18.2 Å². The predicted molar refractivity (Wildman–Crippen MR) is 155 cm³/mol. The van der Waals surface area contributed by atoms with Gasteiger partial charge in [-0.25, -0.2) is 9.97 Å². The summed E-state index contributed by atoms with van der Waals surface area (Å²) in [6, 6.07) is 18.8. The minimum atomic E-state index is -0.194. The molecular formula is C30H34N6O4. The van der Waals surface area contributed by atoms with Crippen LogP contribution in [-0.4, -0.2) is 65.5 Å². The zero-order valence-corrected chi connectivity index (χ0v) is 22.5. The molecule has 0 saturated carbocycles. The molecule has 4 rings (SSSR count). The van der Waals surface area contributed by atoms with Gasteiger partial charge >= 0.3 is 0 Å². The summed E-state index contributed by atoms with van der Waals surface area (Å²) in [5, 5.41) is 18.2. The summed E-state index contributed by atoms with van der Waals surface area (Å²) in [6.07, 6.45) is 5.18. The molecule has 4 N–H and O–H groups in total. The minimum absolute atomic E-state index is 0.0199. The summed E-state index contributed by atoms with van der Waals surface area (Å²) in [6.45, 7) is 5.23. The average molecular weight is 543 g/mol. The van der Waals surface area contributed by atoms with Crippen molar-refractivity contribution in [2.45, 2.75) is 13.5 Å². The third kappa shape index (κ3) is 8.92. The first-order valence-corrected chi connectivity index (χ1v) is 13.1. The highest BCUT2D eigenvalue weighted by Crippen LogP contribution is 2.24. The van der Waals surface area contributed by atoms with E-state index in [-0.39, 0.29) is 12.5 Å². The van der Waals surface area contributed by atoms with Gasteiger partial charge in [-0.05, 0) is 60.5 Å². The second kappa shape index (κ2) is 15.4. The molecule has 0 fully saturated rings. The standard InChI is InChI=1S/C30H34N6O4/c1-22-4-9-26(19-28(22)36-30-33-12-10-27(35-30)25-3-2-11-31-21-25)34-29(38)24-7-5-23(6-8-24)20-32-13-15-39-17-18-40-16-14-37/h2-12,19,21,32,37H,13-18,20H2,1H3,(H,34,38)(H,33,35,36). The quantitative estimate of drug-likeness (QED) is 0.165. The smallest absolute Gasteiger partial charge is 0.255 e. The molecule has 0 spiro atoms. The van der Waals surface area contributed by atoms with Gasteiger partial charge in [-0.2, -0.15) is 0 Å². The normalized spacial score (nSPS) is 10.8. The van der Waals surface area contributed by atoms with E-state index in [0.717, 1.165) is 28.1 Å². The molecule has 2 aromatic heterocycles. The number of carbonyl (C=O) groups excluding carboxylic acids is 1. The van der Waals surface area contributed by atoms with Crippen LogP contribution in [0, 0.1) is 6.92 Å². The molecule has 208 valence electrons. The van der Waals surface area contributed by atoms with Gasteiger partial charge in [0.05, 0.1) is 38.7 Å². The molecule has 0 unspecified atom stereocenters. The number of aliphatic hydroxyl groups is 1. The van der Waals surface area contributed by atoms with Crippen LogP contribution in [-0.2, 0) is 16.0 Å². The Labute approximate surface area is 233 Å². The molecule has 0 atom stereocenters. The Bertz CT molecular complexity index is 1350. The summed E-state index contributed by atoms with van der Waals surface area (Å²) >= 11 is 0. The Morgan fingerprint density at radius 2 is 1.77 bits per heavy atom. The SMILES string of the molecule is Cc1ccc(NC(=O)c2ccc(CNCCOCCOCCO)cc2)cc1Nc1nccc(-c2cccnc2)n1. The van der Waals surface area contributed by atoms with E-state index in [2.05, 4.69) is 30.9 Å². The van der Waals surface area contributed by atoms with Crippen LogP contribution in [0.15, 0.2) is 79.3 Å². The van der Waals surface area contributed by atoms with Crippen LogP contribution in [0.5, 0.6) is 0 Å². The summed E-state index contributed by atoms with van der Waals surface area (Å²) in [5.74, 6) is 0.261. The molecule has 0 aliphatic carbocycles. The molecule has 10 heteroatoms. The molecular weight excluding hydrogens is 508 g/mol. The number of aromatic nitrogens is 3. The zero-order valence-electron chi connectivity index (χ0n) is 22.5. The fraction of sp³-hybridized carbons (Fsp3) is 0.267. The number of aryl methyl sites for hydroxylation is 1. The van der Waals surface area contributed by atoms with Crippen molar-refractivity contribution in [3.05, 3.63) is 95.9 Å². The van der Waals surface area contributed by atoms with Crippen LogP contribution in [0.25, 0.3) is 11.3 Å². The molecule has 0 radical (unpaired) electrons. The second-order valence-electron chi connectivity index (χ2n) is 8.94. The maximum Gasteiger partial charge on any atom is 0.255 e. The highest BCUT2D eigenvalue weighted by Gasteiger charge is 2.10. The van der Waals surface area contributed by atoms with Gasteiger partial charge in [0.15, 0.2) is 0 Å². The lowest BCUT2D eigenvalue weighted by Crippen LogP contribution is -2.20. The second-order valence-corrected chi connectivity index (χ2v) is 8.94. The van der Waals surface area contributed by atoms with Crippen molar-refractivity contribution in [1.82, 2.24) is 20.3 Å². The van der Waals surface area contributed by atoms with Gasteiger partial charge < -0.3 is 30.5 Å². The summed E-state index contributed by atoms with van der Waals surface area (Å²) < 4.78 is 10.6. The first kappa shape index (κ1) is 28.8. The molecule has 40 heavy (non-hydrogen) atoms. The predicted octanol–water partition coefficient (Wildman–Crippen LogP) is 3.96. The zero-order chi connectivity index (χ0) is 28.0. The van der Waals surface area contributed by atoms with Gasteiger partial charge in [0.1, 0.15) is 0 Å². The third-order valence-electron chi connectivity index (χ3n) is 5.93. The molecule has 0 aliphatic rings. The van der Waals surface area contributed by atoms with Crippen molar-refractivity contribution in [2.75, 3.05) is 50.2 Å². The van der Waals surface area contributed by atoms with Crippen molar-refractivity contribution in [3.63, 3.8) is 0 Å². The lowest BCUT2D eigenvalue weighted by atomic mass is 10.1. The molecule has 1 amide bonds. The van der Waals surface area contributed by atoms with E-state index >= 15 is 0 Å². The Morgan fingerprint density at radius 1 is 0.950 bits per heavy atom. The third-order valence-corrected chi connectivity index (χ3v) is 5.93. The van der Waals surface area contributed by atoms with Crippen LogP contribution in [0.3, 0.4) is 0 Å². The number of hydrogen-bond acceptors (Lipinski definition) is 9. The number of anilines is 3. The van der Waals surface area contributed by atoms with Gasteiger partial charge in [0.25, 0.3) is 5.91 Å². The number of amides is 1. The van der Waals surface area contributed by atoms with Gasteiger partial charge in [-0.15, -0.1) is 0 Å². The van der Waals surface area contributed by atoms with Crippen LogP contribution in [0.2, 0.25) is 0 Å². The number of pyridine rings is 1.